The average Bonchev–Trinajstić information content (AvgIpc) is 2.15. The van der Waals surface area contributed by atoms with Crippen molar-refractivity contribution >= 4 is 6.08 Å². The molecule has 0 atom stereocenters. The molecule has 0 aromatic carbocycles. The molecule has 0 spiro atoms. The molecule has 9 heavy (non-hydrogen) atoms. The van der Waals surface area contributed by atoms with Crippen LogP contribution in [-0.2, 0) is 0 Å². The van der Waals surface area contributed by atoms with Gasteiger partial charge in [0.1, 0.15) is 5.76 Å². The number of furan rings is 1. The van der Waals surface area contributed by atoms with Crippen LogP contribution in [0.15, 0.2) is 28.9 Å². The molecule has 3 heteroatoms. The summed E-state index contributed by atoms with van der Waals surface area (Å²) in [5.74, 6) is 0.176. The van der Waals surface area contributed by atoms with Crippen molar-refractivity contribution in [3.63, 3.8) is 0 Å². The first-order valence-corrected chi connectivity index (χ1v) is 2.35. The van der Waals surface area contributed by atoms with E-state index in [2.05, 4.69) is 4.42 Å². The van der Waals surface area contributed by atoms with Gasteiger partial charge in [0.15, 0.2) is 0 Å². The van der Waals surface area contributed by atoms with Crippen LogP contribution in [0.1, 0.15) is 5.76 Å². The van der Waals surface area contributed by atoms with E-state index < -0.39 is 6.08 Å². The van der Waals surface area contributed by atoms with Crippen LogP contribution in [0, 0.1) is 0 Å². The zero-order valence-electron chi connectivity index (χ0n) is 4.47. The maximum absolute atomic E-state index is 11.4. The Morgan fingerprint density at radius 1 is 1.56 bits per heavy atom. The molecule has 0 aliphatic carbocycles. The Hall–Kier alpha value is -1.12. The third kappa shape index (κ3) is 1.68. The Balaban J connectivity index is 2.80. The summed E-state index contributed by atoms with van der Waals surface area (Å²) in [7, 11) is 0. The number of hydrogen-bond acceptors (Lipinski definition) is 1. The fraction of sp³-hybridized carbons (Fsp3) is 0. The van der Waals surface area contributed by atoms with Crippen LogP contribution >= 0.6 is 0 Å². The van der Waals surface area contributed by atoms with Crippen molar-refractivity contribution in [1.82, 2.24) is 0 Å². The van der Waals surface area contributed by atoms with Gasteiger partial charge in [-0.1, -0.05) is 0 Å². The van der Waals surface area contributed by atoms with E-state index in [0.29, 0.717) is 6.08 Å². The highest BCUT2D eigenvalue weighted by molar-refractivity contribution is 5.42. The lowest BCUT2D eigenvalue weighted by Gasteiger charge is -1.78. The highest BCUT2D eigenvalue weighted by atomic mass is 19.3. The van der Waals surface area contributed by atoms with Gasteiger partial charge in [0.25, 0.3) is 6.08 Å². The standard InChI is InChI=1S/C6H4F2O/c7-6(8)4-5-2-1-3-9-5/h1-4H. The van der Waals surface area contributed by atoms with E-state index in [1.165, 1.54) is 12.3 Å². The normalized spacial score (nSPS) is 9.11. The topological polar surface area (TPSA) is 13.1 Å². The van der Waals surface area contributed by atoms with Crippen molar-refractivity contribution in [3.8, 4) is 0 Å². The molecule has 1 rings (SSSR count). The molecule has 1 aromatic rings. The molecule has 0 bridgehead atoms. The average molecular weight is 130 g/mol. The van der Waals surface area contributed by atoms with Crippen LogP contribution in [0.25, 0.3) is 6.08 Å². The van der Waals surface area contributed by atoms with Gasteiger partial charge in [0.05, 0.1) is 6.26 Å². The molecule has 0 saturated heterocycles. The first-order chi connectivity index (χ1) is 4.29. The van der Waals surface area contributed by atoms with E-state index in [-0.39, 0.29) is 5.76 Å². The molecule has 1 aromatic heterocycles. The van der Waals surface area contributed by atoms with E-state index >= 15 is 0 Å². The summed E-state index contributed by atoms with van der Waals surface area (Å²) in [6.45, 7) is 0. The molecule has 0 saturated carbocycles. The third-order valence-electron chi connectivity index (χ3n) is 0.795. The quantitative estimate of drug-likeness (QED) is 0.569. The maximum Gasteiger partial charge on any atom is 0.274 e. The van der Waals surface area contributed by atoms with Gasteiger partial charge in [-0.25, -0.2) is 0 Å². The number of hydrogen-bond donors (Lipinski definition) is 0. The van der Waals surface area contributed by atoms with Crippen molar-refractivity contribution in [3.05, 3.63) is 30.2 Å². The molecule has 0 fully saturated rings. The highest BCUT2D eigenvalue weighted by Gasteiger charge is 1.92. The lowest BCUT2D eigenvalue weighted by Crippen LogP contribution is -1.59. The molecule has 0 aliphatic heterocycles. The van der Waals surface area contributed by atoms with Gasteiger partial charge >= 0.3 is 0 Å². The van der Waals surface area contributed by atoms with Crippen LogP contribution in [0.5, 0.6) is 0 Å². The fourth-order valence-electron chi connectivity index (χ4n) is 0.481. The monoisotopic (exact) mass is 130 g/mol. The van der Waals surface area contributed by atoms with Gasteiger partial charge in [-0.05, 0) is 12.1 Å². The number of rotatable bonds is 1. The second kappa shape index (κ2) is 2.44. The summed E-state index contributed by atoms with van der Waals surface area (Å²) in [4.78, 5) is 0. The van der Waals surface area contributed by atoms with Crippen molar-refractivity contribution in [2.75, 3.05) is 0 Å². The molecular weight excluding hydrogens is 126 g/mol. The maximum atomic E-state index is 11.4. The Morgan fingerprint density at radius 3 is 2.78 bits per heavy atom. The van der Waals surface area contributed by atoms with E-state index in [4.69, 9.17) is 0 Å². The van der Waals surface area contributed by atoms with Crippen molar-refractivity contribution in [2.24, 2.45) is 0 Å². The van der Waals surface area contributed by atoms with Crippen LogP contribution in [0.2, 0.25) is 0 Å². The largest absolute Gasteiger partial charge is 0.465 e. The summed E-state index contributed by atoms with van der Waals surface area (Å²) in [6, 6.07) is 3.01. The predicted octanol–water partition coefficient (Wildman–Crippen LogP) is 2.52. The molecule has 48 valence electrons. The van der Waals surface area contributed by atoms with Crippen molar-refractivity contribution in [2.45, 2.75) is 0 Å². The summed E-state index contributed by atoms with van der Waals surface area (Å²) in [6.07, 6.45) is 0.263. The molecule has 0 unspecified atom stereocenters. The smallest absolute Gasteiger partial charge is 0.274 e. The lowest BCUT2D eigenvalue weighted by molar-refractivity contribution is 0.426. The van der Waals surface area contributed by atoms with Gasteiger partial charge in [-0.3, -0.25) is 0 Å². The minimum absolute atomic E-state index is 0.176. The Bertz CT molecular complexity index is 197. The van der Waals surface area contributed by atoms with E-state index in [9.17, 15) is 8.78 Å². The van der Waals surface area contributed by atoms with Gasteiger partial charge in [0, 0.05) is 6.08 Å². The van der Waals surface area contributed by atoms with Crippen LogP contribution < -0.4 is 0 Å². The number of halogens is 2. The van der Waals surface area contributed by atoms with E-state index in [1.807, 2.05) is 0 Å². The van der Waals surface area contributed by atoms with Gasteiger partial charge < -0.3 is 4.42 Å². The highest BCUT2D eigenvalue weighted by Crippen LogP contribution is 2.08. The third-order valence-corrected chi connectivity index (χ3v) is 0.795. The minimum atomic E-state index is -1.75. The zero-order valence-corrected chi connectivity index (χ0v) is 4.47. The fourth-order valence-corrected chi connectivity index (χ4v) is 0.481. The van der Waals surface area contributed by atoms with Crippen LogP contribution in [0.4, 0.5) is 8.78 Å². The van der Waals surface area contributed by atoms with Crippen LogP contribution in [-0.4, -0.2) is 0 Å². The SMILES string of the molecule is FC(F)=Cc1ccco1. The summed E-state index contributed by atoms with van der Waals surface area (Å²) in [5.41, 5.74) is 0. The zero-order chi connectivity index (χ0) is 6.69. The molecule has 0 amide bonds. The second-order valence-electron chi connectivity index (χ2n) is 1.45. The minimum Gasteiger partial charge on any atom is -0.465 e. The Kier molecular flexibility index (Phi) is 1.63. The van der Waals surface area contributed by atoms with Gasteiger partial charge in [0.2, 0.25) is 0 Å². The van der Waals surface area contributed by atoms with Crippen LogP contribution in [0.3, 0.4) is 0 Å². The van der Waals surface area contributed by atoms with Crippen molar-refractivity contribution < 1.29 is 13.2 Å². The predicted molar refractivity (Wildman–Crippen MR) is 28.9 cm³/mol. The van der Waals surface area contributed by atoms with Gasteiger partial charge in [-0.2, -0.15) is 8.78 Å². The van der Waals surface area contributed by atoms with Gasteiger partial charge in [-0.15, -0.1) is 0 Å². The molecule has 1 heterocycles. The second-order valence-corrected chi connectivity index (χ2v) is 1.45. The van der Waals surface area contributed by atoms with E-state index in [1.54, 1.807) is 6.07 Å². The molecule has 1 nitrogen and oxygen atoms in total. The molecule has 0 aliphatic rings. The lowest BCUT2D eigenvalue weighted by atomic mass is 10.4. The van der Waals surface area contributed by atoms with E-state index in [0.717, 1.165) is 0 Å². The first-order valence-electron chi connectivity index (χ1n) is 2.35. The summed E-state index contributed by atoms with van der Waals surface area (Å²) in [5, 5.41) is 0. The molecule has 0 N–H and O–H groups in total. The first kappa shape index (κ1) is 6.01. The summed E-state index contributed by atoms with van der Waals surface area (Å²) >= 11 is 0. The molecular formula is C6H4F2O. The Morgan fingerprint density at radius 2 is 2.33 bits per heavy atom. The summed E-state index contributed by atoms with van der Waals surface area (Å²) < 4.78 is 27.4. The Labute approximate surface area is 50.6 Å². The molecule has 0 radical (unpaired) electrons. The van der Waals surface area contributed by atoms with Crippen molar-refractivity contribution in [1.29, 1.82) is 0 Å².